The van der Waals surface area contributed by atoms with Crippen molar-refractivity contribution in [2.75, 3.05) is 0 Å². The molecule has 4 heavy (non-hydrogen) atoms. The van der Waals surface area contributed by atoms with Gasteiger partial charge in [-0.3, -0.25) is 0 Å². The van der Waals surface area contributed by atoms with E-state index in [1.165, 1.54) is 0 Å². The Balaban J connectivity index is 2.32. The summed E-state index contributed by atoms with van der Waals surface area (Å²) in [6, 6.07) is 0. The molecular weight excluding hydrogens is 155 g/mol. The van der Waals surface area contributed by atoms with Gasteiger partial charge in [-0.15, -0.1) is 0 Å². The summed E-state index contributed by atoms with van der Waals surface area (Å²) < 4.78 is 29.5. The minimum absolute atomic E-state index is 4.76. The first-order chi connectivity index (χ1) is 1.73. The van der Waals surface area contributed by atoms with Crippen LogP contribution in [0.25, 0.3) is 0 Å². The van der Waals surface area contributed by atoms with Gasteiger partial charge in [0.25, 0.3) is 0 Å². The molecule has 0 saturated carbocycles. The van der Waals surface area contributed by atoms with E-state index in [0.717, 1.165) is 0 Å². The van der Waals surface area contributed by atoms with Gasteiger partial charge in [0.2, 0.25) is 0 Å². The quantitative estimate of drug-likeness (QED) is 0.493. The van der Waals surface area contributed by atoms with Crippen LogP contribution in [0, 0.1) is 0 Å². The van der Waals surface area contributed by atoms with Crippen LogP contribution in [0.15, 0.2) is 0 Å². The van der Waals surface area contributed by atoms with E-state index in [0.29, 0.717) is 0 Å². The molecule has 0 atom stereocenters. The molecule has 0 aliphatic heterocycles. The van der Waals surface area contributed by atoms with Crippen LogP contribution in [-0.2, 0) is 18.0 Å². The van der Waals surface area contributed by atoms with Crippen molar-refractivity contribution in [2.24, 2.45) is 0 Å². The van der Waals surface area contributed by atoms with Crippen LogP contribution >= 0.6 is 0 Å². The van der Waals surface area contributed by atoms with Crippen LogP contribution < -0.4 is 0 Å². The summed E-state index contributed by atoms with van der Waals surface area (Å²) in [5, 5.41) is 0. The number of hydrogen-bond acceptors (Lipinski definition) is 0. The van der Waals surface area contributed by atoms with Crippen LogP contribution in [-0.4, -0.2) is 0 Å². The van der Waals surface area contributed by atoms with Crippen molar-refractivity contribution < 1.29 is 27.8 Å². The SMILES string of the molecule is [F][Tc]([F])[F]. The molecule has 0 fully saturated rings. The van der Waals surface area contributed by atoms with Crippen molar-refractivity contribution in [1.29, 1.82) is 0 Å². The van der Waals surface area contributed by atoms with Crippen molar-refractivity contribution in [3.63, 3.8) is 0 Å². The molecule has 0 aromatic carbocycles. The first kappa shape index (κ1) is 4.44. The Morgan fingerprint density at radius 3 is 1.00 bits per heavy atom. The molecule has 0 radical (unpaired) electrons. The van der Waals surface area contributed by atoms with E-state index < -0.39 is 18.0 Å². The molecule has 0 heterocycles. The predicted molar refractivity (Wildman–Crippen MR) is 3.32 cm³/mol. The molecule has 0 amide bonds. The molecule has 0 unspecified atom stereocenters. The third-order valence-electron chi connectivity index (χ3n) is 0. The molecular formula is F3Tc. The third kappa shape index (κ3) is 26.2. The standard InChI is InChI=1S/3FH.Tc/h3*1H;/q;;;+3/p-3. The second-order valence-corrected chi connectivity index (χ2v) is 0.958. The fourth-order valence-corrected chi connectivity index (χ4v) is 0. The summed E-state index contributed by atoms with van der Waals surface area (Å²) in [7, 11) is 0. The maximum atomic E-state index is 9.82. The van der Waals surface area contributed by atoms with E-state index in [-0.39, 0.29) is 0 Å². The van der Waals surface area contributed by atoms with Crippen molar-refractivity contribution in [3.8, 4) is 0 Å². The van der Waals surface area contributed by atoms with Crippen molar-refractivity contribution >= 4 is 0 Å². The molecule has 0 aromatic rings. The Bertz CT molecular complexity index is 8.00. The van der Waals surface area contributed by atoms with Gasteiger partial charge in [0.15, 0.2) is 0 Å². The Morgan fingerprint density at radius 1 is 1.00 bits per heavy atom. The molecule has 0 rings (SSSR count). The zero-order chi connectivity index (χ0) is 3.58. The summed E-state index contributed by atoms with van der Waals surface area (Å²) in [4.78, 5) is 0. The van der Waals surface area contributed by atoms with Crippen molar-refractivity contribution in [2.45, 2.75) is 0 Å². The van der Waals surface area contributed by atoms with E-state index in [1.807, 2.05) is 0 Å². The van der Waals surface area contributed by atoms with Crippen LogP contribution in [0.1, 0.15) is 0 Å². The van der Waals surface area contributed by atoms with Gasteiger partial charge in [0, 0.05) is 0 Å². The average Bonchev–Trinajstić information content (AvgIpc) is 0.811. The molecule has 0 aliphatic carbocycles. The third-order valence-corrected chi connectivity index (χ3v) is 0. The van der Waals surface area contributed by atoms with Crippen LogP contribution in [0.2, 0.25) is 0 Å². The molecule has 0 spiro atoms. The molecule has 4 heteroatoms. The van der Waals surface area contributed by atoms with Crippen LogP contribution in [0.3, 0.4) is 0 Å². The molecule has 0 aliphatic rings. The van der Waals surface area contributed by atoms with Gasteiger partial charge in [-0.25, -0.2) is 0 Å². The normalized spacial score (nSPS) is 11.2. The number of halogens is 3. The van der Waals surface area contributed by atoms with E-state index in [2.05, 4.69) is 0 Å². The van der Waals surface area contributed by atoms with E-state index in [4.69, 9.17) is 0 Å². The Labute approximate surface area is 28.6 Å². The molecule has 28 valence electrons. The van der Waals surface area contributed by atoms with Gasteiger partial charge in [0.1, 0.15) is 0 Å². The Kier molecular flexibility index (Phi) is 1.92. The summed E-state index contributed by atoms with van der Waals surface area (Å²) in [6.45, 7) is 0. The predicted octanol–water partition coefficient (Wildman–Crippen LogP) is 1.26. The van der Waals surface area contributed by atoms with E-state index in [1.54, 1.807) is 0 Å². The first-order valence-electron chi connectivity index (χ1n) is 0.429. The number of rotatable bonds is 0. The fourth-order valence-electron chi connectivity index (χ4n) is 0. The zero-order valence-electron chi connectivity index (χ0n) is 1.51. The molecule has 0 saturated heterocycles. The molecule has 0 nitrogen and oxygen atoms in total. The topological polar surface area (TPSA) is 0 Å². The first-order valence-corrected chi connectivity index (χ1v) is 2.54. The van der Waals surface area contributed by atoms with Crippen LogP contribution in [0.5, 0.6) is 0 Å². The average molecular weight is 155 g/mol. The van der Waals surface area contributed by atoms with Gasteiger partial charge in [-0.05, 0) is 0 Å². The molecule has 0 N–H and O–H groups in total. The second-order valence-electron chi connectivity index (χ2n) is 0.162. The van der Waals surface area contributed by atoms with E-state index in [9.17, 15) is 9.76 Å². The molecule has 0 bridgehead atoms. The maximum absolute atomic E-state index is 9.82. The van der Waals surface area contributed by atoms with Gasteiger partial charge in [0.05, 0.1) is 0 Å². The summed E-state index contributed by atoms with van der Waals surface area (Å²) in [6.07, 6.45) is 0. The monoisotopic (exact) mass is 154 g/mol. The fraction of sp³-hybridized carbons (Fsp3) is 0. The van der Waals surface area contributed by atoms with Gasteiger partial charge < -0.3 is 0 Å². The summed E-state index contributed by atoms with van der Waals surface area (Å²) in [5.41, 5.74) is 0. The summed E-state index contributed by atoms with van der Waals surface area (Å²) >= 11 is -4.76. The summed E-state index contributed by atoms with van der Waals surface area (Å²) in [5.74, 6) is 0. The molecule has 0 aromatic heterocycles. The Morgan fingerprint density at radius 2 is 1.00 bits per heavy atom. The van der Waals surface area contributed by atoms with Gasteiger partial charge >= 0.3 is 27.8 Å². The van der Waals surface area contributed by atoms with Gasteiger partial charge in [-0.2, -0.15) is 0 Å². The Hall–Kier alpha value is 0.439. The van der Waals surface area contributed by atoms with E-state index >= 15 is 0 Å². The second kappa shape index (κ2) is 1.73. The van der Waals surface area contributed by atoms with Crippen molar-refractivity contribution in [3.05, 3.63) is 0 Å². The minimum atomic E-state index is -4.76. The van der Waals surface area contributed by atoms with Crippen LogP contribution in [0.4, 0.5) is 9.76 Å². The zero-order valence-corrected chi connectivity index (χ0v) is 3.37. The number of hydrogen-bond donors (Lipinski definition) is 0. The van der Waals surface area contributed by atoms with Gasteiger partial charge in [-0.1, -0.05) is 0 Å². The van der Waals surface area contributed by atoms with Crippen molar-refractivity contribution in [1.82, 2.24) is 0 Å².